The van der Waals surface area contributed by atoms with Crippen LogP contribution in [-0.4, -0.2) is 83.8 Å². The van der Waals surface area contributed by atoms with Gasteiger partial charge in [0.05, 0.1) is 29.0 Å². The monoisotopic (exact) mass is 762 g/mol. The van der Waals surface area contributed by atoms with E-state index in [1.807, 2.05) is 39.6 Å². The van der Waals surface area contributed by atoms with Gasteiger partial charge in [-0.2, -0.15) is 0 Å². The molecule has 4 aliphatic heterocycles. The van der Waals surface area contributed by atoms with Crippen molar-refractivity contribution in [3.63, 3.8) is 0 Å². The standard InChI is InChI=1S/C35H42N4O6.C4H10.C2H6.2CH2O/c1-4-25-26-17-24(44-21-37-15-11-23(12-16-37)38-13-7-6-8-14-38)9-10-30(26)36-32-27(25)19-39-31(32)18-29-28(33(39)41)20-43-34(42)35(29,5-2)45-22(3)40;1-4(2)3;3*1-2/h9-10,17-18,23H,4-8,11-16,19-21H2,1-3H3;4H,1-3H3;1-2H3;2*1H2. The number of ether oxygens (including phenoxy) is 3. The Hall–Kier alpha value is -4.42. The lowest BCUT2D eigenvalue weighted by molar-refractivity contribution is -0.188. The van der Waals surface area contributed by atoms with E-state index >= 15 is 0 Å². The molecule has 0 N–H and O–H groups in total. The minimum Gasteiger partial charge on any atom is -0.478 e. The molecule has 0 spiro atoms. The molecule has 55 heavy (non-hydrogen) atoms. The van der Waals surface area contributed by atoms with Gasteiger partial charge in [-0.15, -0.1) is 0 Å². The maximum Gasteiger partial charge on any atom is 0.355 e. The molecule has 0 amide bonds. The number of aryl methyl sites for hydroxylation is 1. The predicted octanol–water partition coefficient (Wildman–Crippen LogP) is 6.82. The highest BCUT2D eigenvalue weighted by molar-refractivity contribution is 5.90. The van der Waals surface area contributed by atoms with Gasteiger partial charge in [0.1, 0.15) is 32.7 Å². The van der Waals surface area contributed by atoms with Crippen molar-refractivity contribution in [3.05, 3.63) is 56.9 Å². The van der Waals surface area contributed by atoms with E-state index in [1.165, 1.54) is 52.1 Å². The summed E-state index contributed by atoms with van der Waals surface area (Å²) in [5, 5.41) is 1.02. The molecule has 7 rings (SSSR count). The van der Waals surface area contributed by atoms with Gasteiger partial charge in [-0.1, -0.05) is 54.9 Å². The van der Waals surface area contributed by atoms with Gasteiger partial charge >= 0.3 is 11.9 Å². The molecule has 0 aliphatic carbocycles. The molecule has 6 heterocycles. The molecule has 3 aromatic rings. The summed E-state index contributed by atoms with van der Waals surface area (Å²) in [6.45, 7) is 25.0. The highest BCUT2D eigenvalue weighted by Crippen LogP contribution is 2.42. The lowest BCUT2D eigenvalue weighted by atomic mass is 9.85. The number of carbonyl (C=O) groups is 4. The molecule has 2 aromatic heterocycles. The Bertz CT molecular complexity index is 1810. The molecule has 1 atom stereocenters. The van der Waals surface area contributed by atoms with Crippen molar-refractivity contribution in [1.82, 2.24) is 19.4 Å². The van der Waals surface area contributed by atoms with Crippen LogP contribution < -0.4 is 10.3 Å². The quantitative estimate of drug-likeness (QED) is 0.184. The van der Waals surface area contributed by atoms with Gasteiger partial charge in [-0.05, 0) is 87.4 Å². The van der Waals surface area contributed by atoms with Crippen LogP contribution in [0.25, 0.3) is 22.3 Å². The second-order valence-corrected chi connectivity index (χ2v) is 14.6. The fraction of sp³-hybridized carbons (Fsp3) is 0.581. The fourth-order valence-corrected chi connectivity index (χ4v) is 7.90. The normalized spacial score (nSPS) is 19.0. The third kappa shape index (κ3) is 9.88. The fourth-order valence-electron chi connectivity index (χ4n) is 7.90. The average Bonchev–Trinajstić information content (AvgIpc) is 3.58. The minimum atomic E-state index is -1.66. The van der Waals surface area contributed by atoms with Crippen LogP contribution in [0.5, 0.6) is 5.75 Å². The van der Waals surface area contributed by atoms with Gasteiger partial charge in [0, 0.05) is 42.6 Å². The van der Waals surface area contributed by atoms with Crippen molar-refractivity contribution in [1.29, 1.82) is 0 Å². The lowest BCUT2D eigenvalue weighted by Crippen LogP contribution is -2.47. The van der Waals surface area contributed by atoms with Crippen molar-refractivity contribution < 1.29 is 33.4 Å². The summed E-state index contributed by atoms with van der Waals surface area (Å²) in [4.78, 5) is 65.0. The van der Waals surface area contributed by atoms with Gasteiger partial charge in [-0.3, -0.25) is 14.5 Å². The Labute approximate surface area is 326 Å². The highest BCUT2D eigenvalue weighted by atomic mass is 16.6. The Morgan fingerprint density at radius 2 is 1.60 bits per heavy atom. The summed E-state index contributed by atoms with van der Waals surface area (Å²) >= 11 is 0. The molecule has 0 bridgehead atoms. The minimum absolute atomic E-state index is 0.152. The van der Waals surface area contributed by atoms with Crippen LogP contribution in [0.2, 0.25) is 0 Å². The van der Waals surface area contributed by atoms with Crippen LogP contribution in [-0.2, 0) is 53.8 Å². The van der Waals surface area contributed by atoms with E-state index in [2.05, 4.69) is 43.6 Å². The SMILES string of the molecule is C=O.C=O.CC.CC(C)C.CCc1c2c(nc3ccc(OCN4CCC(N5CCCCC5)CC4)cc13)-c1cc3c(c(=O)n1C2)COC(=O)C3(CC)OC(C)=O. The van der Waals surface area contributed by atoms with E-state index in [1.54, 1.807) is 17.6 Å². The summed E-state index contributed by atoms with van der Waals surface area (Å²) in [6.07, 6.45) is 7.33. The number of likely N-dealkylation sites (tertiary alicyclic amines) is 2. The largest absolute Gasteiger partial charge is 0.478 e. The molecule has 2 saturated heterocycles. The number of rotatable bonds is 7. The molecular weight excluding hydrogens is 700 g/mol. The van der Waals surface area contributed by atoms with E-state index < -0.39 is 17.5 Å². The van der Waals surface area contributed by atoms with Crippen LogP contribution in [0.4, 0.5) is 0 Å². The van der Waals surface area contributed by atoms with Crippen LogP contribution in [0.1, 0.15) is 116 Å². The summed E-state index contributed by atoms with van der Waals surface area (Å²) in [5.41, 5.74) is 3.10. The smallest absolute Gasteiger partial charge is 0.355 e. The lowest BCUT2D eigenvalue weighted by Gasteiger charge is -2.40. The zero-order chi connectivity index (χ0) is 40.9. The van der Waals surface area contributed by atoms with Crippen molar-refractivity contribution in [3.8, 4) is 17.1 Å². The number of pyridine rings is 2. The van der Waals surface area contributed by atoms with Crippen molar-refractivity contribution in [2.24, 2.45) is 5.92 Å². The number of piperidine rings is 2. The van der Waals surface area contributed by atoms with Gasteiger partial charge in [-0.25, -0.2) is 9.78 Å². The molecule has 12 heteroatoms. The van der Waals surface area contributed by atoms with Gasteiger partial charge in [0.15, 0.2) is 0 Å². The number of nitrogens with zero attached hydrogens (tertiary/aromatic N) is 4. The summed E-state index contributed by atoms with van der Waals surface area (Å²) in [6, 6.07) is 8.54. The van der Waals surface area contributed by atoms with Gasteiger partial charge < -0.3 is 33.3 Å². The van der Waals surface area contributed by atoms with Crippen LogP contribution >= 0.6 is 0 Å². The Morgan fingerprint density at radius 3 is 2.18 bits per heavy atom. The first kappa shape index (κ1) is 45.0. The van der Waals surface area contributed by atoms with E-state index in [0.717, 1.165) is 58.9 Å². The van der Waals surface area contributed by atoms with E-state index in [0.29, 0.717) is 36.1 Å². The number of aromatic nitrogens is 2. The number of hydrogen-bond donors (Lipinski definition) is 0. The third-order valence-corrected chi connectivity index (χ3v) is 10.3. The van der Waals surface area contributed by atoms with Crippen molar-refractivity contribution in [2.45, 2.75) is 125 Å². The molecule has 0 radical (unpaired) electrons. The van der Waals surface area contributed by atoms with Gasteiger partial charge in [0.25, 0.3) is 5.56 Å². The maximum absolute atomic E-state index is 13.8. The molecule has 4 aliphatic rings. The number of carbonyl (C=O) groups excluding carboxylic acids is 4. The van der Waals surface area contributed by atoms with E-state index in [9.17, 15) is 14.4 Å². The first-order valence-corrected chi connectivity index (χ1v) is 19.8. The number of benzene rings is 1. The third-order valence-electron chi connectivity index (χ3n) is 10.3. The van der Waals surface area contributed by atoms with Gasteiger partial charge in [0.2, 0.25) is 5.60 Å². The van der Waals surface area contributed by atoms with Crippen LogP contribution in [0, 0.1) is 5.92 Å². The molecule has 0 saturated carbocycles. The molecule has 1 aromatic carbocycles. The first-order chi connectivity index (χ1) is 26.6. The summed E-state index contributed by atoms with van der Waals surface area (Å²) in [7, 11) is 0. The zero-order valence-electron chi connectivity index (χ0n) is 34.3. The average molecular weight is 763 g/mol. The highest BCUT2D eigenvalue weighted by Gasteiger charge is 2.50. The number of cyclic esters (lactones) is 1. The summed E-state index contributed by atoms with van der Waals surface area (Å²) in [5.74, 6) is 0.375. The topological polar surface area (TPSA) is 137 Å². The number of esters is 2. The van der Waals surface area contributed by atoms with E-state index in [4.69, 9.17) is 28.8 Å². The Morgan fingerprint density at radius 1 is 0.964 bits per heavy atom. The number of hydrogen-bond acceptors (Lipinski definition) is 11. The van der Waals surface area contributed by atoms with Crippen LogP contribution in [0.15, 0.2) is 29.1 Å². The number of fused-ring (bicyclic) bond motifs is 5. The first-order valence-electron chi connectivity index (χ1n) is 19.8. The molecule has 302 valence electrons. The second kappa shape index (κ2) is 21.0. The second-order valence-electron chi connectivity index (χ2n) is 14.6. The maximum atomic E-state index is 13.8. The zero-order valence-corrected chi connectivity index (χ0v) is 34.3. The molecule has 1 unspecified atom stereocenters. The molecule has 2 fully saturated rings. The molecule has 12 nitrogen and oxygen atoms in total. The predicted molar refractivity (Wildman–Crippen MR) is 215 cm³/mol. The Balaban J connectivity index is 0.000000743. The molecular formula is C43H62N4O8. The van der Waals surface area contributed by atoms with E-state index in [-0.39, 0.29) is 18.6 Å². The summed E-state index contributed by atoms with van der Waals surface area (Å²) < 4.78 is 19.0. The van der Waals surface area contributed by atoms with Crippen molar-refractivity contribution >= 4 is 36.4 Å². The Kier molecular flexibility index (Phi) is 17.2. The van der Waals surface area contributed by atoms with Crippen molar-refractivity contribution in [2.75, 3.05) is 32.9 Å². The van der Waals surface area contributed by atoms with Crippen LogP contribution in [0.3, 0.4) is 0 Å².